The molecule has 1 unspecified atom stereocenters. The van der Waals surface area contributed by atoms with Gasteiger partial charge in [0.2, 0.25) is 17.8 Å². The largest absolute Gasteiger partial charge is 0.508 e. The summed E-state index contributed by atoms with van der Waals surface area (Å²) in [6.45, 7) is 12.1. The number of anilines is 3. The molecule has 68 heavy (non-hydrogen) atoms. The highest BCUT2D eigenvalue weighted by Gasteiger charge is 2.34. The lowest BCUT2D eigenvalue weighted by molar-refractivity contribution is -0.132. The van der Waals surface area contributed by atoms with Crippen molar-refractivity contribution in [3.8, 4) is 40.7 Å². The van der Waals surface area contributed by atoms with E-state index in [0.29, 0.717) is 74.5 Å². The maximum absolute atomic E-state index is 13.6. The molecule has 16 nitrogen and oxygen atoms in total. The minimum Gasteiger partial charge on any atom is -0.508 e. The number of piperazine rings is 1. The first kappa shape index (κ1) is 45.5. The number of hydrogen-bond acceptors (Lipinski definition) is 13. The number of fused-ring (bicyclic) bond motifs is 2. The van der Waals surface area contributed by atoms with Gasteiger partial charge < -0.3 is 40.2 Å². The van der Waals surface area contributed by atoms with Gasteiger partial charge >= 0.3 is 6.01 Å². The molecule has 5 heterocycles. The summed E-state index contributed by atoms with van der Waals surface area (Å²) >= 11 is 0. The molecule has 0 radical (unpaired) electrons. The number of piperidine rings is 1. The van der Waals surface area contributed by atoms with E-state index in [1.165, 1.54) is 27.5 Å². The number of aromatic nitrogens is 5. The summed E-state index contributed by atoms with van der Waals surface area (Å²) in [7, 11) is 0. The van der Waals surface area contributed by atoms with Gasteiger partial charge in [-0.05, 0) is 84.4 Å². The number of phenols is 2. The van der Waals surface area contributed by atoms with Crippen LogP contribution in [-0.2, 0) is 29.0 Å². The van der Waals surface area contributed by atoms with Crippen molar-refractivity contribution in [3.05, 3.63) is 114 Å². The van der Waals surface area contributed by atoms with Crippen LogP contribution in [0, 0.1) is 17.2 Å². The van der Waals surface area contributed by atoms with Crippen LogP contribution in [0.5, 0.6) is 17.5 Å². The average molecular weight is 916 g/mol. The molecule has 6 aromatic rings. The van der Waals surface area contributed by atoms with Gasteiger partial charge in [0.05, 0.1) is 42.0 Å². The normalized spacial score (nSPS) is 16.5. The number of rotatable bonds is 13. The van der Waals surface area contributed by atoms with Crippen molar-refractivity contribution < 1.29 is 24.9 Å². The first-order valence-electron chi connectivity index (χ1n) is 23.5. The average Bonchev–Trinajstić information content (AvgIpc) is 3.73. The summed E-state index contributed by atoms with van der Waals surface area (Å²) in [5, 5.41) is 55.3. The fraction of sp³-hybridized carbons (Fsp3) is 0.365. The van der Waals surface area contributed by atoms with Crippen molar-refractivity contribution in [2.45, 2.75) is 70.9 Å². The van der Waals surface area contributed by atoms with E-state index < -0.39 is 0 Å². The second-order valence-electron chi connectivity index (χ2n) is 18.3. The molecule has 2 fully saturated rings. The smallest absolute Gasteiger partial charge is 0.319 e. The summed E-state index contributed by atoms with van der Waals surface area (Å²) < 4.78 is 1.47. The molecule has 4 aromatic carbocycles. The van der Waals surface area contributed by atoms with Crippen molar-refractivity contribution in [3.63, 3.8) is 0 Å². The number of phenolic OH excluding ortho intramolecular Hbond substituents is 2. The Morgan fingerprint density at radius 1 is 0.912 bits per heavy atom. The van der Waals surface area contributed by atoms with Crippen molar-refractivity contribution in [2.75, 3.05) is 60.9 Å². The number of amides is 2. The SMILES string of the molecule is C=CC(=O)N1CCN(c2nc(NCCC(=O)N3CCC(Cc4ccc(-n5c(O)nnc5-c5cc(C(C)C)c(O)cc5O)cc4)CC3)nc3c2CCN(c2cccc4ccccc24)C3)CC1CC#N. The highest BCUT2D eigenvalue weighted by molar-refractivity contribution is 5.94. The molecule has 0 spiro atoms. The van der Waals surface area contributed by atoms with Crippen LogP contribution in [0.2, 0.25) is 0 Å². The van der Waals surface area contributed by atoms with E-state index in [-0.39, 0.29) is 59.9 Å². The lowest BCUT2D eigenvalue weighted by atomic mass is 9.90. The van der Waals surface area contributed by atoms with E-state index in [1.54, 1.807) is 11.0 Å². The Labute approximate surface area is 395 Å². The molecule has 4 N–H and O–H groups in total. The van der Waals surface area contributed by atoms with E-state index in [1.807, 2.05) is 43.0 Å². The van der Waals surface area contributed by atoms with E-state index in [4.69, 9.17) is 9.97 Å². The summed E-state index contributed by atoms with van der Waals surface area (Å²) in [5.41, 5.74) is 5.88. The van der Waals surface area contributed by atoms with Crippen LogP contribution in [0.15, 0.2) is 91.5 Å². The number of nitriles is 1. The van der Waals surface area contributed by atoms with Crippen molar-refractivity contribution in [2.24, 2.45) is 5.92 Å². The number of nitrogens with zero attached hydrogens (tertiary/aromatic N) is 10. The molecule has 2 aromatic heterocycles. The molecule has 1 atom stereocenters. The van der Waals surface area contributed by atoms with Crippen molar-refractivity contribution >= 4 is 40.0 Å². The molecule has 16 heteroatoms. The predicted octanol–water partition coefficient (Wildman–Crippen LogP) is 7.08. The topological polar surface area (TPSA) is 200 Å². The molecular formula is C52H57N11O5. The third kappa shape index (κ3) is 9.33. The summed E-state index contributed by atoms with van der Waals surface area (Å²) in [6.07, 6.45) is 5.11. The van der Waals surface area contributed by atoms with E-state index in [9.17, 15) is 30.2 Å². The van der Waals surface area contributed by atoms with Gasteiger partial charge in [0.25, 0.3) is 0 Å². The Morgan fingerprint density at radius 2 is 1.69 bits per heavy atom. The first-order chi connectivity index (χ1) is 33.0. The molecule has 3 aliphatic rings. The lowest BCUT2D eigenvalue weighted by Crippen LogP contribution is -2.55. The number of hydrogen-bond donors (Lipinski definition) is 4. The zero-order chi connectivity index (χ0) is 47.5. The molecular weight excluding hydrogens is 859 g/mol. The number of likely N-dealkylation sites (tertiary alicyclic amines) is 1. The Kier molecular flexibility index (Phi) is 13.2. The van der Waals surface area contributed by atoms with Crippen LogP contribution < -0.4 is 15.1 Å². The fourth-order valence-corrected chi connectivity index (χ4v) is 10.0. The van der Waals surface area contributed by atoms with Crippen molar-refractivity contribution in [1.82, 2.24) is 34.5 Å². The molecule has 2 amide bonds. The third-order valence-corrected chi connectivity index (χ3v) is 13.7. The Morgan fingerprint density at radius 3 is 2.46 bits per heavy atom. The number of aromatic hydroxyl groups is 3. The van der Waals surface area contributed by atoms with E-state index >= 15 is 0 Å². The molecule has 0 saturated carbocycles. The Bertz CT molecular complexity index is 2880. The maximum atomic E-state index is 13.6. The van der Waals surface area contributed by atoms with Gasteiger partial charge in [0, 0.05) is 74.9 Å². The van der Waals surface area contributed by atoms with Crippen LogP contribution in [0.3, 0.4) is 0 Å². The van der Waals surface area contributed by atoms with Gasteiger partial charge in [-0.3, -0.25) is 9.59 Å². The van der Waals surface area contributed by atoms with Gasteiger partial charge in [0.1, 0.15) is 17.3 Å². The number of carbonyl (C=O) groups excluding carboxylic acids is 2. The van der Waals surface area contributed by atoms with E-state index in [0.717, 1.165) is 60.6 Å². The van der Waals surface area contributed by atoms with Gasteiger partial charge in [-0.1, -0.05) is 74.1 Å². The Hall–Kier alpha value is -7.67. The van der Waals surface area contributed by atoms with Crippen LogP contribution in [-0.4, -0.2) is 114 Å². The van der Waals surface area contributed by atoms with Gasteiger partial charge in [-0.2, -0.15) is 10.2 Å². The Balaban J connectivity index is 0.837. The van der Waals surface area contributed by atoms with Crippen LogP contribution in [0.1, 0.15) is 67.8 Å². The van der Waals surface area contributed by atoms with E-state index in [2.05, 4.69) is 80.4 Å². The minimum atomic E-state index is -0.318. The summed E-state index contributed by atoms with van der Waals surface area (Å²) in [5.74, 6) is 1.62. The molecule has 0 aliphatic carbocycles. The minimum absolute atomic E-state index is 0.00561. The number of nitrogens with one attached hydrogen (secondary N) is 1. The van der Waals surface area contributed by atoms with Gasteiger partial charge in [-0.25, -0.2) is 9.55 Å². The molecule has 3 aliphatic heterocycles. The highest BCUT2D eigenvalue weighted by Crippen LogP contribution is 2.39. The zero-order valence-corrected chi connectivity index (χ0v) is 38.6. The molecule has 0 bridgehead atoms. The monoisotopic (exact) mass is 915 g/mol. The van der Waals surface area contributed by atoms with Gasteiger partial charge in [-0.15, -0.1) is 5.10 Å². The molecule has 2 saturated heterocycles. The van der Waals surface area contributed by atoms with Gasteiger partial charge in [0.15, 0.2) is 5.82 Å². The second kappa shape index (κ2) is 19.7. The van der Waals surface area contributed by atoms with Crippen LogP contribution >= 0.6 is 0 Å². The van der Waals surface area contributed by atoms with Crippen molar-refractivity contribution in [1.29, 1.82) is 5.26 Å². The lowest BCUT2D eigenvalue weighted by Gasteiger charge is -2.42. The first-order valence-corrected chi connectivity index (χ1v) is 23.5. The standard InChI is InChI=1S/C52H57N11O5/c1-4-47(66)62-27-26-61(31-38(62)16-21-53)49-40-20-25-60(44-11-7-9-36-8-5-6-10-39(36)44)32-43(40)55-51(56-49)54-22-17-48(67)59-23-18-35(19-24-59)28-34-12-14-37(15-13-34)63-50(57-58-52(63)68)42-29-41(33(2)3)45(64)30-46(42)65/h4-15,29-30,33,35,38,64-65H,1,16-20,22-28,31-32H2,2-3H3,(H,58,68)(H,54,55,56). The summed E-state index contributed by atoms with van der Waals surface area (Å²) in [6, 6.07) is 27.2. The highest BCUT2D eigenvalue weighted by atomic mass is 16.3. The third-order valence-electron chi connectivity index (χ3n) is 13.7. The molecule has 350 valence electrons. The van der Waals surface area contributed by atoms with Crippen LogP contribution in [0.25, 0.3) is 27.8 Å². The number of benzene rings is 4. The second-order valence-corrected chi connectivity index (χ2v) is 18.3. The fourth-order valence-electron chi connectivity index (χ4n) is 10.0. The number of carbonyl (C=O) groups is 2. The zero-order valence-electron chi connectivity index (χ0n) is 38.6. The quantitative estimate of drug-likeness (QED) is 0.0858. The maximum Gasteiger partial charge on any atom is 0.319 e. The summed E-state index contributed by atoms with van der Waals surface area (Å²) in [4.78, 5) is 44.7. The molecule has 9 rings (SSSR count). The van der Waals surface area contributed by atoms with Crippen LogP contribution in [0.4, 0.5) is 17.5 Å². The predicted molar refractivity (Wildman–Crippen MR) is 261 cm³/mol.